The molecule has 2 heterocycles. The summed E-state index contributed by atoms with van der Waals surface area (Å²) in [4.78, 5) is 23.3. The van der Waals surface area contributed by atoms with Gasteiger partial charge < -0.3 is 19.7 Å². The summed E-state index contributed by atoms with van der Waals surface area (Å²) in [7, 11) is 3.02. The summed E-state index contributed by atoms with van der Waals surface area (Å²) in [6, 6.07) is 14.0. The van der Waals surface area contributed by atoms with Crippen LogP contribution in [0.15, 0.2) is 54.6 Å². The lowest BCUT2D eigenvalue weighted by Crippen LogP contribution is -2.38. The van der Waals surface area contributed by atoms with Crippen molar-refractivity contribution < 1.29 is 27.4 Å². The Bertz CT molecular complexity index is 1160. The molecule has 0 aliphatic carbocycles. The van der Waals surface area contributed by atoms with Crippen molar-refractivity contribution in [2.45, 2.75) is 19.0 Å². The molecule has 1 fully saturated rings. The summed E-state index contributed by atoms with van der Waals surface area (Å²) in [6.07, 6.45) is -3.27. The van der Waals surface area contributed by atoms with Crippen molar-refractivity contribution in [2.24, 2.45) is 5.92 Å². The molecule has 2 aromatic carbocycles. The van der Waals surface area contributed by atoms with Gasteiger partial charge in [-0.15, -0.1) is 0 Å². The Hall–Kier alpha value is -3.82. The van der Waals surface area contributed by atoms with E-state index in [9.17, 15) is 18.0 Å². The van der Waals surface area contributed by atoms with E-state index in [-0.39, 0.29) is 11.8 Å². The second-order valence-electron chi connectivity index (χ2n) is 8.15. The SMILES string of the molecule is COc1cc(OC)nc(-c2ccc(NC(=O)C3CCN(c4cccc(C(F)(F)F)c4)CC3)cc2)n1. The number of amides is 1. The molecule has 0 bridgehead atoms. The molecule has 3 aromatic rings. The third-order valence-electron chi connectivity index (χ3n) is 5.91. The fourth-order valence-corrected chi connectivity index (χ4v) is 3.97. The summed E-state index contributed by atoms with van der Waals surface area (Å²) >= 11 is 0. The molecular formula is C25H25F3N4O3. The van der Waals surface area contributed by atoms with Crippen molar-refractivity contribution in [2.75, 3.05) is 37.5 Å². The van der Waals surface area contributed by atoms with Crippen LogP contribution in [0.4, 0.5) is 24.5 Å². The number of hydrogen-bond donors (Lipinski definition) is 1. The molecule has 0 atom stereocenters. The first kappa shape index (κ1) is 24.3. The zero-order chi connectivity index (χ0) is 25.0. The molecule has 35 heavy (non-hydrogen) atoms. The van der Waals surface area contributed by atoms with E-state index in [0.717, 1.165) is 17.7 Å². The molecular weight excluding hydrogens is 461 g/mol. The first-order valence-corrected chi connectivity index (χ1v) is 11.1. The number of nitrogens with one attached hydrogen (secondary N) is 1. The maximum atomic E-state index is 13.0. The Morgan fingerprint density at radius 1 is 0.971 bits per heavy atom. The number of piperidine rings is 1. The fraction of sp³-hybridized carbons (Fsp3) is 0.320. The van der Waals surface area contributed by atoms with Crippen LogP contribution in [-0.2, 0) is 11.0 Å². The van der Waals surface area contributed by atoms with Gasteiger partial charge in [-0.05, 0) is 55.3 Å². The van der Waals surface area contributed by atoms with Gasteiger partial charge in [-0.1, -0.05) is 6.07 Å². The average molecular weight is 486 g/mol. The molecule has 10 heteroatoms. The molecule has 184 valence electrons. The maximum Gasteiger partial charge on any atom is 0.416 e. The van der Waals surface area contributed by atoms with Crippen LogP contribution in [0.25, 0.3) is 11.4 Å². The number of anilines is 2. The minimum Gasteiger partial charge on any atom is -0.481 e. The number of hydrogen-bond acceptors (Lipinski definition) is 6. The Labute approximate surface area is 200 Å². The monoisotopic (exact) mass is 486 g/mol. The molecule has 0 unspecified atom stereocenters. The molecule has 0 saturated carbocycles. The van der Waals surface area contributed by atoms with Gasteiger partial charge in [0.15, 0.2) is 5.82 Å². The number of benzene rings is 2. The molecule has 1 aliphatic rings. The highest BCUT2D eigenvalue weighted by Crippen LogP contribution is 2.33. The van der Waals surface area contributed by atoms with Crippen LogP contribution in [0.2, 0.25) is 0 Å². The van der Waals surface area contributed by atoms with Crippen LogP contribution in [0.5, 0.6) is 11.8 Å². The third kappa shape index (κ3) is 5.82. The lowest BCUT2D eigenvalue weighted by atomic mass is 9.95. The van der Waals surface area contributed by atoms with E-state index < -0.39 is 11.7 Å². The quantitative estimate of drug-likeness (QED) is 0.527. The first-order valence-electron chi connectivity index (χ1n) is 11.1. The number of carbonyl (C=O) groups is 1. The van der Waals surface area contributed by atoms with Gasteiger partial charge in [-0.3, -0.25) is 4.79 Å². The Morgan fingerprint density at radius 2 is 1.60 bits per heavy atom. The Balaban J connectivity index is 1.36. The molecule has 0 radical (unpaired) electrons. The largest absolute Gasteiger partial charge is 0.481 e. The molecule has 0 spiro atoms. The van der Waals surface area contributed by atoms with E-state index in [4.69, 9.17) is 9.47 Å². The highest BCUT2D eigenvalue weighted by molar-refractivity contribution is 5.93. The lowest BCUT2D eigenvalue weighted by Gasteiger charge is -2.33. The topological polar surface area (TPSA) is 76.6 Å². The van der Waals surface area contributed by atoms with Crippen LogP contribution < -0.4 is 19.7 Å². The number of methoxy groups -OCH3 is 2. The van der Waals surface area contributed by atoms with Crippen LogP contribution in [0, 0.1) is 5.92 Å². The predicted octanol–water partition coefficient (Wildman–Crippen LogP) is 5.03. The van der Waals surface area contributed by atoms with Gasteiger partial charge in [0.25, 0.3) is 0 Å². The van der Waals surface area contributed by atoms with Crippen LogP contribution in [0.1, 0.15) is 18.4 Å². The van der Waals surface area contributed by atoms with Crippen molar-refractivity contribution in [3.05, 3.63) is 60.2 Å². The fourth-order valence-electron chi connectivity index (χ4n) is 3.97. The summed E-state index contributed by atoms with van der Waals surface area (Å²) in [6.45, 7) is 1.01. The lowest BCUT2D eigenvalue weighted by molar-refractivity contribution is -0.137. The zero-order valence-electron chi connectivity index (χ0n) is 19.3. The van der Waals surface area contributed by atoms with Gasteiger partial charge in [0, 0.05) is 35.9 Å². The van der Waals surface area contributed by atoms with Gasteiger partial charge >= 0.3 is 6.18 Å². The highest BCUT2D eigenvalue weighted by atomic mass is 19.4. The number of carbonyl (C=O) groups excluding carboxylic acids is 1. The zero-order valence-corrected chi connectivity index (χ0v) is 19.3. The second kappa shape index (κ2) is 10.2. The molecule has 1 N–H and O–H groups in total. The van der Waals surface area contributed by atoms with Gasteiger partial charge in [0.2, 0.25) is 17.7 Å². The maximum absolute atomic E-state index is 13.0. The van der Waals surface area contributed by atoms with Crippen LogP contribution >= 0.6 is 0 Å². The van der Waals surface area contributed by atoms with Gasteiger partial charge in [-0.2, -0.15) is 23.1 Å². The standard InChI is InChI=1S/C25H25F3N4O3/c1-34-21-15-22(35-2)31-23(30-21)16-6-8-19(9-7-16)29-24(33)17-10-12-32(13-11-17)20-5-3-4-18(14-20)25(26,27)28/h3-9,14-15,17H,10-13H2,1-2H3,(H,29,33). The van der Waals surface area contributed by atoms with Gasteiger partial charge in [-0.25, -0.2) is 0 Å². The Morgan fingerprint density at radius 3 is 2.17 bits per heavy atom. The number of aromatic nitrogens is 2. The molecule has 1 saturated heterocycles. The van der Waals surface area contributed by atoms with Crippen molar-refractivity contribution in [1.82, 2.24) is 9.97 Å². The number of alkyl halides is 3. The molecule has 4 rings (SSSR count). The number of rotatable bonds is 6. The summed E-state index contributed by atoms with van der Waals surface area (Å²) in [5.41, 5.74) is 1.21. The van der Waals surface area contributed by atoms with Crippen molar-refractivity contribution in [3.8, 4) is 23.1 Å². The van der Waals surface area contributed by atoms with E-state index in [0.29, 0.717) is 54.9 Å². The summed E-state index contributed by atoms with van der Waals surface area (Å²) in [5, 5.41) is 2.92. The molecule has 1 amide bonds. The Kier molecular flexibility index (Phi) is 7.09. The number of ether oxygens (including phenoxy) is 2. The second-order valence-corrected chi connectivity index (χ2v) is 8.15. The first-order chi connectivity index (χ1) is 16.8. The van der Waals surface area contributed by atoms with Crippen molar-refractivity contribution in [1.29, 1.82) is 0 Å². The highest BCUT2D eigenvalue weighted by Gasteiger charge is 2.31. The van der Waals surface area contributed by atoms with E-state index in [1.165, 1.54) is 20.3 Å². The minimum atomic E-state index is -4.38. The van der Waals surface area contributed by atoms with Gasteiger partial charge in [0.1, 0.15) is 0 Å². The molecule has 7 nitrogen and oxygen atoms in total. The van der Waals surface area contributed by atoms with Crippen molar-refractivity contribution in [3.63, 3.8) is 0 Å². The molecule has 1 aromatic heterocycles. The van der Waals surface area contributed by atoms with Crippen LogP contribution in [0.3, 0.4) is 0 Å². The van der Waals surface area contributed by atoms with E-state index in [2.05, 4.69) is 15.3 Å². The third-order valence-corrected chi connectivity index (χ3v) is 5.91. The van der Waals surface area contributed by atoms with E-state index >= 15 is 0 Å². The predicted molar refractivity (Wildman–Crippen MR) is 126 cm³/mol. The van der Waals surface area contributed by atoms with Gasteiger partial charge in [0.05, 0.1) is 25.8 Å². The normalized spacial score (nSPS) is 14.5. The average Bonchev–Trinajstić information content (AvgIpc) is 2.88. The summed E-state index contributed by atoms with van der Waals surface area (Å²) in [5.74, 6) is 0.853. The van der Waals surface area contributed by atoms with Crippen LogP contribution in [-0.4, -0.2) is 43.2 Å². The van der Waals surface area contributed by atoms with E-state index in [1.807, 2.05) is 4.90 Å². The smallest absolute Gasteiger partial charge is 0.416 e. The molecule has 1 aliphatic heterocycles. The summed E-state index contributed by atoms with van der Waals surface area (Å²) < 4.78 is 49.4. The number of nitrogens with zero attached hydrogens (tertiary/aromatic N) is 3. The number of halogens is 3. The minimum absolute atomic E-state index is 0.110. The van der Waals surface area contributed by atoms with E-state index in [1.54, 1.807) is 36.4 Å². The van der Waals surface area contributed by atoms with Crippen molar-refractivity contribution >= 4 is 17.3 Å².